The summed E-state index contributed by atoms with van der Waals surface area (Å²) < 4.78 is 29.0. The topological polar surface area (TPSA) is 193 Å². The van der Waals surface area contributed by atoms with Gasteiger partial charge in [0, 0.05) is 13.1 Å². The van der Waals surface area contributed by atoms with Crippen molar-refractivity contribution in [1.29, 1.82) is 0 Å². The Kier molecular flexibility index (Phi) is 13.9. The maximum atomic E-state index is 14.2. The number of sulfonamides is 1. The van der Waals surface area contributed by atoms with Gasteiger partial charge in [-0.15, -0.1) is 0 Å². The summed E-state index contributed by atoms with van der Waals surface area (Å²) in [5.74, 6) is -1.64. The van der Waals surface area contributed by atoms with Crippen LogP contribution in [0.5, 0.6) is 0 Å². The van der Waals surface area contributed by atoms with Crippen LogP contribution in [-0.2, 0) is 32.6 Å². The molecular weight excluding hydrogens is 701 g/mol. The SMILES string of the molecule is CC(=NO)c1cccc(CN2C(=O)CN([C@H](C(=O)N[C@@H](Cc3ccccc3)[C@H](O)CN(CC(C)C)S(=O)(=O)c3ccc(C=NO)cc3)C(C)C)C2=O)c1. The minimum atomic E-state index is -4.12. The Balaban J connectivity index is 1.59. The summed E-state index contributed by atoms with van der Waals surface area (Å²) in [6.45, 7) is 8.17. The van der Waals surface area contributed by atoms with Crippen molar-refractivity contribution in [2.75, 3.05) is 19.6 Å². The van der Waals surface area contributed by atoms with Gasteiger partial charge in [-0.25, -0.2) is 13.2 Å². The summed E-state index contributed by atoms with van der Waals surface area (Å²) in [5, 5.41) is 38.9. The van der Waals surface area contributed by atoms with Gasteiger partial charge in [0.05, 0.1) is 35.5 Å². The minimum absolute atomic E-state index is 0.0193. The van der Waals surface area contributed by atoms with Gasteiger partial charge in [-0.3, -0.25) is 14.5 Å². The molecular formula is C38H48N6O8S. The average Bonchev–Trinajstić information content (AvgIpc) is 3.39. The highest BCUT2D eigenvalue weighted by Crippen LogP contribution is 2.24. The van der Waals surface area contributed by atoms with Crippen LogP contribution >= 0.6 is 0 Å². The molecule has 0 aliphatic carbocycles. The lowest BCUT2D eigenvalue weighted by Gasteiger charge is -2.34. The van der Waals surface area contributed by atoms with Gasteiger partial charge in [0.15, 0.2) is 0 Å². The highest BCUT2D eigenvalue weighted by atomic mass is 32.2. The van der Waals surface area contributed by atoms with Crippen LogP contribution in [0.15, 0.2) is 94.1 Å². The first-order valence-corrected chi connectivity index (χ1v) is 18.8. The fourth-order valence-electron chi connectivity index (χ4n) is 6.25. The van der Waals surface area contributed by atoms with Gasteiger partial charge >= 0.3 is 6.03 Å². The summed E-state index contributed by atoms with van der Waals surface area (Å²) in [6.07, 6.45) is -0.0622. The summed E-state index contributed by atoms with van der Waals surface area (Å²) in [7, 11) is -4.12. The number of nitrogens with zero attached hydrogens (tertiary/aromatic N) is 5. The molecule has 1 fully saturated rings. The standard InChI is InChI=1S/C38H48N6O8S/c1-25(2)21-42(53(51,52)32-16-14-29(15-17-32)20-39-49)23-34(45)33(19-28-10-7-6-8-11-28)40-37(47)36(26(3)4)44-24-35(46)43(38(44)48)22-30-12-9-13-31(18-30)27(5)41-50/h6-18,20,25-26,33-34,36,45,49-50H,19,21-24H2,1-5H3,(H,40,47)/t33-,34+,36-/m0/s1. The Morgan fingerprint density at radius 2 is 1.60 bits per heavy atom. The normalized spacial score (nSPS) is 15.9. The molecule has 284 valence electrons. The number of hydrogen-bond donors (Lipinski definition) is 4. The van der Waals surface area contributed by atoms with Crippen LogP contribution in [0.4, 0.5) is 4.79 Å². The van der Waals surface area contributed by atoms with Crippen molar-refractivity contribution in [2.45, 2.75) is 70.7 Å². The lowest BCUT2D eigenvalue weighted by Crippen LogP contribution is -2.57. The summed E-state index contributed by atoms with van der Waals surface area (Å²) >= 11 is 0. The molecule has 0 bridgehead atoms. The number of nitrogens with one attached hydrogen (secondary N) is 1. The van der Waals surface area contributed by atoms with E-state index < -0.39 is 52.0 Å². The number of carbonyl (C=O) groups excluding carboxylic acids is 3. The highest BCUT2D eigenvalue weighted by Gasteiger charge is 2.44. The van der Waals surface area contributed by atoms with Crippen LogP contribution in [0.2, 0.25) is 0 Å². The molecule has 3 aromatic carbocycles. The molecule has 0 aromatic heterocycles. The van der Waals surface area contributed by atoms with E-state index in [4.69, 9.17) is 5.21 Å². The Bertz CT molecular complexity index is 1900. The van der Waals surface area contributed by atoms with E-state index >= 15 is 0 Å². The van der Waals surface area contributed by atoms with Gasteiger partial charge in [0.2, 0.25) is 15.9 Å². The third-order valence-electron chi connectivity index (χ3n) is 8.93. The molecule has 1 aliphatic rings. The summed E-state index contributed by atoms with van der Waals surface area (Å²) in [5.41, 5.74) is 2.88. The number of imide groups is 1. The first kappa shape index (κ1) is 40.6. The first-order chi connectivity index (χ1) is 25.2. The zero-order valence-electron chi connectivity index (χ0n) is 30.5. The van der Waals surface area contributed by atoms with E-state index in [0.717, 1.165) is 10.5 Å². The maximum Gasteiger partial charge on any atom is 0.328 e. The molecule has 0 saturated carbocycles. The Hall–Kier alpha value is -5.12. The highest BCUT2D eigenvalue weighted by molar-refractivity contribution is 7.89. The fourth-order valence-corrected chi connectivity index (χ4v) is 7.87. The van der Waals surface area contributed by atoms with Crippen molar-refractivity contribution in [1.82, 2.24) is 19.4 Å². The number of hydrogen-bond acceptors (Lipinski definition) is 10. The largest absolute Gasteiger partial charge is 0.411 e. The summed E-state index contributed by atoms with van der Waals surface area (Å²) in [4.78, 5) is 43.4. The number of carbonyl (C=O) groups is 3. The maximum absolute atomic E-state index is 14.2. The number of rotatable bonds is 17. The summed E-state index contributed by atoms with van der Waals surface area (Å²) in [6, 6.07) is 19.1. The number of aliphatic hydroxyl groups is 1. The van der Waals surface area contributed by atoms with Crippen molar-refractivity contribution in [3.05, 3.63) is 101 Å². The quantitative estimate of drug-likeness (QED) is 0.0691. The van der Waals surface area contributed by atoms with Crippen LogP contribution in [-0.4, -0.2) is 106 Å². The molecule has 0 unspecified atom stereocenters. The van der Waals surface area contributed by atoms with E-state index in [9.17, 15) is 33.1 Å². The number of aliphatic hydroxyl groups excluding tert-OH is 1. The molecule has 0 spiro atoms. The Morgan fingerprint density at radius 3 is 2.21 bits per heavy atom. The molecule has 53 heavy (non-hydrogen) atoms. The number of oxime groups is 2. The Morgan fingerprint density at radius 1 is 0.943 bits per heavy atom. The Labute approximate surface area is 310 Å². The molecule has 3 aromatic rings. The lowest BCUT2D eigenvalue weighted by atomic mass is 9.97. The third kappa shape index (κ3) is 10.3. The van der Waals surface area contributed by atoms with Crippen LogP contribution < -0.4 is 5.32 Å². The molecule has 4 N–H and O–H groups in total. The molecule has 3 atom stereocenters. The van der Waals surface area contributed by atoms with Gasteiger partial charge < -0.3 is 25.7 Å². The zero-order chi connectivity index (χ0) is 38.9. The second kappa shape index (κ2) is 18.1. The average molecular weight is 749 g/mol. The molecule has 1 heterocycles. The second-order valence-corrected chi connectivity index (χ2v) is 15.8. The third-order valence-corrected chi connectivity index (χ3v) is 10.8. The number of benzene rings is 3. The monoisotopic (exact) mass is 748 g/mol. The zero-order valence-corrected chi connectivity index (χ0v) is 31.3. The molecule has 4 amide bonds. The molecule has 4 rings (SSSR count). The van der Waals surface area contributed by atoms with E-state index in [2.05, 4.69) is 15.6 Å². The van der Waals surface area contributed by atoms with Crippen LogP contribution in [0.25, 0.3) is 0 Å². The van der Waals surface area contributed by atoms with Gasteiger partial charge in [0.1, 0.15) is 12.6 Å². The van der Waals surface area contributed by atoms with Crippen LogP contribution in [0.1, 0.15) is 56.9 Å². The van der Waals surface area contributed by atoms with Crippen LogP contribution in [0.3, 0.4) is 0 Å². The lowest BCUT2D eigenvalue weighted by molar-refractivity contribution is -0.129. The van der Waals surface area contributed by atoms with Crippen molar-refractivity contribution < 1.29 is 38.3 Å². The molecule has 1 saturated heterocycles. The molecule has 0 radical (unpaired) electrons. The van der Waals surface area contributed by atoms with Crippen molar-refractivity contribution in [3.63, 3.8) is 0 Å². The van der Waals surface area contributed by atoms with E-state index in [-0.39, 0.29) is 43.4 Å². The van der Waals surface area contributed by atoms with E-state index in [1.54, 1.807) is 45.0 Å². The van der Waals surface area contributed by atoms with E-state index in [1.807, 2.05) is 44.2 Å². The van der Waals surface area contributed by atoms with Gasteiger partial charge in [0.25, 0.3) is 5.91 Å². The molecule has 1 aliphatic heterocycles. The van der Waals surface area contributed by atoms with E-state index in [1.165, 1.54) is 39.7 Å². The number of amides is 4. The molecule has 15 heteroatoms. The minimum Gasteiger partial charge on any atom is -0.411 e. The smallest absolute Gasteiger partial charge is 0.328 e. The van der Waals surface area contributed by atoms with Gasteiger partial charge in [-0.2, -0.15) is 4.31 Å². The van der Waals surface area contributed by atoms with Crippen LogP contribution in [0, 0.1) is 11.8 Å². The van der Waals surface area contributed by atoms with Gasteiger partial charge in [-0.1, -0.05) is 98.7 Å². The first-order valence-electron chi connectivity index (χ1n) is 17.3. The van der Waals surface area contributed by atoms with E-state index in [0.29, 0.717) is 22.4 Å². The van der Waals surface area contributed by atoms with Crippen molar-refractivity contribution in [2.24, 2.45) is 22.1 Å². The molecule has 14 nitrogen and oxygen atoms in total. The van der Waals surface area contributed by atoms with Crippen molar-refractivity contribution in [3.8, 4) is 0 Å². The predicted octanol–water partition coefficient (Wildman–Crippen LogP) is 3.92. The predicted molar refractivity (Wildman–Crippen MR) is 199 cm³/mol. The van der Waals surface area contributed by atoms with Gasteiger partial charge in [-0.05, 0) is 65.6 Å². The number of urea groups is 1. The van der Waals surface area contributed by atoms with Crippen molar-refractivity contribution >= 4 is 39.8 Å². The fraction of sp³-hybridized carbons (Fsp3) is 0.395. The second-order valence-electron chi connectivity index (χ2n) is 13.9.